The van der Waals surface area contributed by atoms with Crippen molar-refractivity contribution in [2.75, 3.05) is 40.0 Å². The van der Waals surface area contributed by atoms with E-state index in [1.165, 1.54) is 37.7 Å². The van der Waals surface area contributed by atoms with Gasteiger partial charge in [0.05, 0.1) is 12.7 Å². The fourth-order valence-corrected chi connectivity index (χ4v) is 3.95. The van der Waals surface area contributed by atoms with Gasteiger partial charge in [-0.25, -0.2) is 0 Å². The number of aliphatic hydroxyl groups excluding tert-OH is 1. The van der Waals surface area contributed by atoms with Crippen LogP contribution in [0.1, 0.15) is 51.0 Å². The maximum atomic E-state index is 10.5. The molecule has 1 saturated carbocycles. The molecular formula is C23H40N2O3. The average Bonchev–Trinajstić information content (AvgIpc) is 2.71. The third-order valence-corrected chi connectivity index (χ3v) is 5.73. The summed E-state index contributed by atoms with van der Waals surface area (Å²) in [7, 11) is 2.06. The molecule has 0 saturated heterocycles. The first kappa shape index (κ1) is 23.1. The topological polar surface area (TPSA) is 68.0 Å². The fourth-order valence-electron chi connectivity index (χ4n) is 3.95. The number of aliphatic hydroxyl groups is 1. The molecule has 0 aromatic heterocycles. The van der Waals surface area contributed by atoms with Crippen molar-refractivity contribution >= 4 is 0 Å². The minimum atomic E-state index is -0.451. The quantitative estimate of drug-likeness (QED) is 0.505. The van der Waals surface area contributed by atoms with E-state index in [4.69, 9.17) is 15.2 Å². The summed E-state index contributed by atoms with van der Waals surface area (Å²) >= 11 is 0. The Balaban J connectivity index is 1.64. The van der Waals surface area contributed by atoms with Crippen molar-refractivity contribution in [3.63, 3.8) is 0 Å². The number of nitrogens with two attached hydrogens (primary N) is 1. The van der Waals surface area contributed by atoms with E-state index >= 15 is 0 Å². The minimum absolute atomic E-state index is 0.112. The van der Waals surface area contributed by atoms with Gasteiger partial charge in [0.2, 0.25) is 0 Å². The van der Waals surface area contributed by atoms with Gasteiger partial charge in [-0.1, -0.05) is 44.2 Å². The van der Waals surface area contributed by atoms with Crippen LogP contribution in [0.4, 0.5) is 0 Å². The van der Waals surface area contributed by atoms with Gasteiger partial charge < -0.3 is 25.2 Å². The van der Waals surface area contributed by atoms with E-state index in [2.05, 4.69) is 24.1 Å². The van der Waals surface area contributed by atoms with Crippen LogP contribution in [0.25, 0.3) is 0 Å². The van der Waals surface area contributed by atoms with Gasteiger partial charge in [0.1, 0.15) is 12.4 Å². The zero-order valence-electron chi connectivity index (χ0n) is 17.8. The number of likely N-dealkylation sites (N-methyl/N-ethyl adjacent to an activating group) is 1. The van der Waals surface area contributed by atoms with Gasteiger partial charge >= 0.3 is 0 Å². The molecule has 160 valence electrons. The number of ether oxygens (including phenoxy) is 2. The Kier molecular flexibility index (Phi) is 10.9. The Morgan fingerprint density at radius 2 is 1.86 bits per heavy atom. The average molecular weight is 393 g/mol. The normalized spacial score (nSPS) is 17.6. The highest BCUT2D eigenvalue weighted by molar-refractivity contribution is 5.27. The molecule has 28 heavy (non-hydrogen) atoms. The lowest BCUT2D eigenvalue weighted by molar-refractivity contribution is 0.0903. The predicted molar refractivity (Wildman–Crippen MR) is 115 cm³/mol. The van der Waals surface area contributed by atoms with Crippen molar-refractivity contribution < 1.29 is 14.6 Å². The molecule has 1 aliphatic rings. The molecule has 0 radical (unpaired) electrons. The summed E-state index contributed by atoms with van der Waals surface area (Å²) in [5.74, 6) is 1.58. The molecule has 1 aromatic rings. The first-order chi connectivity index (χ1) is 13.6. The van der Waals surface area contributed by atoms with Crippen LogP contribution in [0.5, 0.6) is 5.75 Å². The molecule has 0 bridgehead atoms. The molecule has 0 heterocycles. The second kappa shape index (κ2) is 13.2. The third kappa shape index (κ3) is 8.91. The summed E-state index contributed by atoms with van der Waals surface area (Å²) < 4.78 is 10.9. The summed E-state index contributed by atoms with van der Waals surface area (Å²) in [5.41, 5.74) is 7.55. The van der Waals surface area contributed by atoms with Crippen molar-refractivity contribution in [3.05, 3.63) is 29.8 Å². The van der Waals surface area contributed by atoms with Gasteiger partial charge in [0.15, 0.2) is 0 Å². The summed E-state index contributed by atoms with van der Waals surface area (Å²) in [5, 5.41) is 10.5. The molecule has 2 atom stereocenters. The van der Waals surface area contributed by atoms with Gasteiger partial charge in [-0.05, 0) is 50.4 Å². The van der Waals surface area contributed by atoms with Gasteiger partial charge in [-0.2, -0.15) is 0 Å². The fraction of sp³-hybridized carbons (Fsp3) is 0.739. The first-order valence-electron chi connectivity index (χ1n) is 11.0. The monoisotopic (exact) mass is 392 g/mol. The largest absolute Gasteiger partial charge is 0.491 e. The molecular weight excluding hydrogens is 352 g/mol. The zero-order valence-corrected chi connectivity index (χ0v) is 17.8. The second-order valence-corrected chi connectivity index (χ2v) is 8.17. The van der Waals surface area contributed by atoms with Gasteiger partial charge in [-0.3, -0.25) is 0 Å². The predicted octanol–water partition coefficient (Wildman–Crippen LogP) is 3.23. The van der Waals surface area contributed by atoms with Crippen LogP contribution in [-0.4, -0.2) is 62.1 Å². The standard InChI is InChI=1S/C23H40N2O3/c1-3-27-15-16-28-21-11-9-19(10-12-21)13-14-25(2)18-23(26)22(24)17-20-7-5-4-6-8-20/h9-12,20,22-23,26H,3-8,13-18,24H2,1-2H3/t22-,23-/m0/s1. The summed E-state index contributed by atoms with van der Waals surface area (Å²) in [6, 6.07) is 8.12. The molecule has 0 amide bonds. The molecule has 2 rings (SSSR count). The van der Waals surface area contributed by atoms with E-state index < -0.39 is 6.10 Å². The summed E-state index contributed by atoms with van der Waals surface area (Å²) in [6.45, 7) is 5.43. The van der Waals surface area contributed by atoms with Crippen molar-refractivity contribution in [2.45, 2.75) is 64.0 Å². The third-order valence-electron chi connectivity index (χ3n) is 5.73. The van der Waals surface area contributed by atoms with Gasteiger partial charge in [0, 0.05) is 25.7 Å². The first-order valence-corrected chi connectivity index (χ1v) is 11.0. The van der Waals surface area contributed by atoms with E-state index in [9.17, 15) is 5.11 Å². The minimum Gasteiger partial charge on any atom is -0.491 e. The Bertz CT molecular complexity index is 517. The van der Waals surface area contributed by atoms with E-state index in [1.54, 1.807) is 0 Å². The molecule has 0 aliphatic heterocycles. The summed E-state index contributed by atoms with van der Waals surface area (Å²) in [4.78, 5) is 2.18. The van der Waals surface area contributed by atoms with Crippen LogP contribution in [0, 0.1) is 5.92 Å². The summed E-state index contributed by atoms with van der Waals surface area (Å²) in [6.07, 6.45) is 8.02. The molecule has 1 aromatic carbocycles. The molecule has 1 aliphatic carbocycles. The highest BCUT2D eigenvalue weighted by Gasteiger charge is 2.22. The van der Waals surface area contributed by atoms with Crippen LogP contribution in [0.15, 0.2) is 24.3 Å². The molecule has 0 unspecified atom stereocenters. The number of hydrogen-bond acceptors (Lipinski definition) is 5. The Labute approximate surface area is 171 Å². The van der Waals surface area contributed by atoms with E-state index in [0.29, 0.717) is 25.7 Å². The highest BCUT2D eigenvalue weighted by Crippen LogP contribution is 2.27. The van der Waals surface area contributed by atoms with E-state index in [0.717, 1.165) is 31.7 Å². The van der Waals surface area contributed by atoms with Crippen LogP contribution in [0.2, 0.25) is 0 Å². The zero-order chi connectivity index (χ0) is 20.2. The van der Waals surface area contributed by atoms with Gasteiger partial charge in [-0.15, -0.1) is 0 Å². The molecule has 5 nitrogen and oxygen atoms in total. The molecule has 5 heteroatoms. The van der Waals surface area contributed by atoms with Crippen LogP contribution >= 0.6 is 0 Å². The number of benzene rings is 1. The van der Waals surface area contributed by atoms with Crippen LogP contribution < -0.4 is 10.5 Å². The van der Waals surface area contributed by atoms with Crippen molar-refractivity contribution in [3.8, 4) is 5.75 Å². The number of nitrogens with zero attached hydrogens (tertiary/aromatic N) is 1. The Hall–Kier alpha value is -1.14. The lowest BCUT2D eigenvalue weighted by Crippen LogP contribution is -2.44. The Morgan fingerprint density at radius 1 is 1.14 bits per heavy atom. The van der Waals surface area contributed by atoms with Crippen LogP contribution in [0.3, 0.4) is 0 Å². The maximum Gasteiger partial charge on any atom is 0.119 e. The van der Waals surface area contributed by atoms with Crippen molar-refractivity contribution in [1.82, 2.24) is 4.90 Å². The Morgan fingerprint density at radius 3 is 2.54 bits per heavy atom. The number of hydrogen-bond donors (Lipinski definition) is 2. The lowest BCUT2D eigenvalue weighted by atomic mass is 9.84. The number of rotatable bonds is 13. The van der Waals surface area contributed by atoms with E-state index in [1.807, 2.05) is 19.1 Å². The van der Waals surface area contributed by atoms with Gasteiger partial charge in [0.25, 0.3) is 0 Å². The second-order valence-electron chi connectivity index (χ2n) is 8.17. The van der Waals surface area contributed by atoms with Crippen molar-refractivity contribution in [1.29, 1.82) is 0 Å². The molecule has 0 spiro atoms. The SMILES string of the molecule is CCOCCOc1ccc(CCN(C)C[C@H](O)[C@@H](N)CC2CCCCC2)cc1. The molecule has 3 N–H and O–H groups in total. The lowest BCUT2D eigenvalue weighted by Gasteiger charge is -2.29. The van der Waals surface area contributed by atoms with Crippen LogP contribution in [-0.2, 0) is 11.2 Å². The van der Waals surface area contributed by atoms with E-state index in [-0.39, 0.29) is 6.04 Å². The maximum absolute atomic E-state index is 10.5. The smallest absolute Gasteiger partial charge is 0.119 e. The highest BCUT2D eigenvalue weighted by atomic mass is 16.5. The molecule has 1 fully saturated rings. The van der Waals surface area contributed by atoms with Crippen molar-refractivity contribution in [2.24, 2.45) is 11.7 Å².